The molecule has 0 heterocycles. The highest BCUT2D eigenvalue weighted by atomic mass is 16.6. The Morgan fingerprint density at radius 1 is 0.344 bits per heavy atom. The SMILES string of the molecule is CC/C=C\C/C=C\C/C=C\CCCCCC(=O)OC(COC(=O)CCCCCCC)COC(=O)CCCCCCCCCCCCCCCCCCCCCCCCCCC. The maximum absolute atomic E-state index is 12.7. The van der Waals surface area contributed by atoms with Gasteiger partial charge in [-0.2, -0.15) is 0 Å². The van der Waals surface area contributed by atoms with Crippen molar-refractivity contribution >= 4 is 17.9 Å². The summed E-state index contributed by atoms with van der Waals surface area (Å²) in [4.78, 5) is 37.6. The van der Waals surface area contributed by atoms with Crippen LogP contribution >= 0.6 is 0 Å². The zero-order valence-electron chi connectivity index (χ0n) is 40.7. The summed E-state index contributed by atoms with van der Waals surface area (Å²) >= 11 is 0. The average Bonchev–Trinajstić information content (AvgIpc) is 3.26. The van der Waals surface area contributed by atoms with Gasteiger partial charge in [0.15, 0.2) is 6.10 Å². The summed E-state index contributed by atoms with van der Waals surface area (Å²) in [7, 11) is 0. The summed E-state index contributed by atoms with van der Waals surface area (Å²) in [5.41, 5.74) is 0. The van der Waals surface area contributed by atoms with Gasteiger partial charge in [-0.15, -0.1) is 0 Å². The lowest BCUT2D eigenvalue weighted by Gasteiger charge is -2.18. The van der Waals surface area contributed by atoms with Crippen LogP contribution < -0.4 is 0 Å². The van der Waals surface area contributed by atoms with E-state index >= 15 is 0 Å². The summed E-state index contributed by atoms with van der Waals surface area (Å²) in [6.07, 6.45) is 59.1. The second-order valence-electron chi connectivity index (χ2n) is 17.8. The molecule has 0 fully saturated rings. The van der Waals surface area contributed by atoms with E-state index in [1.165, 1.54) is 148 Å². The van der Waals surface area contributed by atoms with E-state index in [-0.39, 0.29) is 31.1 Å². The zero-order chi connectivity index (χ0) is 44.4. The zero-order valence-corrected chi connectivity index (χ0v) is 40.7. The standard InChI is InChI=1S/C55H100O6/c1-4-7-10-13-15-17-19-21-22-23-24-25-26-27-28-29-30-31-32-34-35-37-39-42-45-48-54(57)60-51-52(50-59-53(56)47-44-41-12-9-6-3)61-55(58)49-46-43-40-38-36-33-20-18-16-14-11-8-5-2/h8,11,16,18,33,36,52H,4-7,9-10,12-15,17,19-32,34-35,37-51H2,1-3H3/b11-8-,18-16-,36-33-. The first-order valence-electron chi connectivity index (χ1n) is 26.5. The van der Waals surface area contributed by atoms with E-state index in [0.717, 1.165) is 89.9 Å². The number of hydrogen-bond acceptors (Lipinski definition) is 6. The number of carbonyl (C=O) groups is 3. The van der Waals surface area contributed by atoms with Gasteiger partial charge in [-0.25, -0.2) is 0 Å². The number of carbonyl (C=O) groups excluding carboxylic acids is 3. The van der Waals surface area contributed by atoms with Gasteiger partial charge in [0.05, 0.1) is 0 Å². The van der Waals surface area contributed by atoms with Crippen LogP contribution in [-0.4, -0.2) is 37.2 Å². The first-order valence-corrected chi connectivity index (χ1v) is 26.5. The van der Waals surface area contributed by atoms with Crippen molar-refractivity contribution in [2.45, 2.75) is 284 Å². The predicted octanol–water partition coefficient (Wildman–Crippen LogP) is 17.3. The Balaban J connectivity index is 4.02. The van der Waals surface area contributed by atoms with Crippen LogP contribution in [0.4, 0.5) is 0 Å². The second kappa shape index (κ2) is 50.3. The second-order valence-corrected chi connectivity index (χ2v) is 17.8. The van der Waals surface area contributed by atoms with E-state index in [1.807, 2.05) is 0 Å². The number of esters is 3. The molecule has 0 aromatic heterocycles. The molecule has 0 saturated carbocycles. The lowest BCUT2D eigenvalue weighted by molar-refractivity contribution is -0.167. The van der Waals surface area contributed by atoms with Crippen molar-refractivity contribution < 1.29 is 28.6 Å². The van der Waals surface area contributed by atoms with Crippen LogP contribution in [0.3, 0.4) is 0 Å². The molecule has 61 heavy (non-hydrogen) atoms. The van der Waals surface area contributed by atoms with Crippen molar-refractivity contribution in [1.82, 2.24) is 0 Å². The molecule has 0 radical (unpaired) electrons. The van der Waals surface area contributed by atoms with Crippen LogP contribution in [0.15, 0.2) is 36.5 Å². The van der Waals surface area contributed by atoms with Crippen molar-refractivity contribution in [3.05, 3.63) is 36.5 Å². The minimum atomic E-state index is -0.780. The first-order chi connectivity index (χ1) is 30.0. The van der Waals surface area contributed by atoms with Crippen LogP contribution in [-0.2, 0) is 28.6 Å². The van der Waals surface area contributed by atoms with Crippen LogP contribution in [0.5, 0.6) is 0 Å². The van der Waals surface area contributed by atoms with Crippen molar-refractivity contribution in [3.8, 4) is 0 Å². The molecule has 0 aromatic carbocycles. The molecule has 0 bridgehead atoms. The van der Waals surface area contributed by atoms with E-state index in [0.29, 0.717) is 19.3 Å². The third kappa shape index (κ3) is 48.5. The third-order valence-electron chi connectivity index (χ3n) is 11.7. The van der Waals surface area contributed by atoms with E-state index in [1.54, 1.807) is 0 Å². The molecule has 0 saturated heterocycles. The Labute approximate surface area is 378 Å². The van der Waals surface area contributed by atoms with Gasteiger partial charge in [-0.1, -0.05) is 243 Å². The fourth-order valence-corrected chi connectivity index (χ4v) is 7.69. The average molecular weight is 857 g/mol. The van der Waals surface area contributed by atoms with Crippen molar-refractivity contribution in [3.63, 3.8) is 0 Å². The van der Waals surface area contributed by atoms with Gasteiger partial charge >= 0.3 is 17.9 Å². The molecule has 1 unspecified atom stereocenters. The van der Waals surface area contributed by atoms with Crippen LogP contribution in [0.1, 0.15) is 278 Å². The predicted molar refractivity (Wildman–Crippen MR) is 261 cm³/mol. The molecule has 0 N–H and O–H groups in total. The lowest BCUT2D eigenvalue weighted by atomic mass is 10.0. The Morgan fingerprint density at radius 2 is 0.639 bits per heavy atom. The van der Waals surface area contributed by atoms with Gasteiger partial charge in [-0.3, -0.25) is 14.4 Å². The molecule has 0 aliphatic heterocycles. The topological polar surface area (TPSA) is 78.9 Å². The molecule has 1 atom stereocenters. The molecule has 0 aromatic rings. The summed E-state index contributed by atoms with van der Waals surface area (Å²) in [5, 5.41) is 0. The monoisotopic (exact) mass is 857 g/mol. The van der Waals surface area contributed by atoms with E-state index in [9.17, 15) is 14.4 Å². The maximum Gasteiger partial charge on any atom is 0.306 e. The van der Waals surface area contributed by atoms with E-state index in [4.69, 9.17) is 14.2 Å². The number of unbranched alkanes of at least 4 members (excludes halogenated alkanes) is 31. The minimum absolute atomic E-state index is 0.0814. The molecule has 6 heteroatoms. The van der Waals surface area contributed by atoms with Crippen molar-refractivity contribution in [2.24, 2.45) is 0 Å². The van der Waals surface area contributed by atoms with Gasteiger partial charge < -0.3 is 14.2 Å². The smallest absolute Gasteiger partial charge is 0.306 e. The third-order valence-corrected chi connectivity index (χ3v) is 11.7. The van der Waals surface area contributed by atoms with Crippen LogP contribution in [0, 0.1) is 0 Å². The van der Waals surface area contributed by atoms with Crippen LogP contribution in [0.2, 0.25) is 0 Å². The summed E-state index contributed by atoms with van der Waals surface area (Å²) in [6, 6.07) is 0. The highest BCUT2D eigenvalue weighted by Crippen LogP contribution is 2.17. The van der Waals surface area contributed by atoms with Gasteiger partial charge in [-0.05, 0) is 51.4 Å². The summed E-state index contributed by atoms with van der Waals surface area (Å²) in [5.74, 6) is -0.917. The molecule has 0 spiro atoms. The molecule has 0 rings (SSSR count). The van der Waals surface area contributed by atoms with E-state index in [2.05, 4.69) is 57.2 Å². The number of allylic oxidation sites excluding steroid dienone is 6. The van der Waals surface area contributed by atoms with Gasteiger partial charge in [0, 0.05) is 19.3 Å². The maximum atomic E-state index is 12.7. The molecular formula is C55H100O6. The largest absolute Gasteiger partial charge is 0.462 e. The normalized spacial score (nSPS) is 12.2. The molecular weight excluding hydrogens is 757 g/mol. The lowest BCUT2D eigenvalue weighted by Crippen LogP contribution is -2.30. The summed E-state index contributed by atoms with van der Waals surface area (Å²) < 4.78 is 16.6. The fourth-order valence-electron chi connectivity index (χ4n) is 7.69. The highest BCUT2D eigenvalue weighted by Gasteiger charge is 2.19. The molecule has 0 amide bonds. The summed E-state index contributed by atoms with van der Waals surface area (Å²) in [6.45, 7) is 6.44. The minimum Gasteiger partial charge on any atom is -0.462 e. The van der Waals surface area contributed by atoms with Gasteiger partial charge in [0.25, 0.3) is 0 Å². The first kappa shape index (κ1) is 58.6. The van der Waals surface area contributed by atoms with Gasteiger partial charge in [0.1, 0.15) is 13.2 Å². The Hall–Kier alpha value is -2.37. The highest BCUT2D eigenvalue weighted by molar-refractivity contribution is 5.71. The van der Waals surface area contributed by atoms with E-state index < -0.39 is 6.10 Å². The number of ether oxygens (including phenoxy) is 3. The van der Waals surface area contributed by atoms with Crippen molar-refractivity contribution in [2.75, 3.05) is 13.2 Å². The Bertz CT molecular complexity index is 1030. The molecule has 356 valence electrons. The van der Waals surface area contributed by atoms with Crippen LogP contribution in [0.25, 0.3) is 0 Å². The number of rotatable bonds is 48. The Kier molecular flexibility index (Phi) is 48.3. The van der Waals surface area contributed by atoms with Crippen molar-refractivity contribution in [1.29, 1.82) is 0 Å². The Morgan fingerprint density at radius 3 is 1.00 bits per heavy atom. The fraction of sp³-hybridized carbons (Fsp3) is 0.836. The molecule has 0 aliphatic rings. The quantitative estimate of drug-likeness (QED) is 0.0262. The molecule has 0 aliphatic carbocycles. The molecule has 6 nitrogen and oxygen atoms in total. The number of hydrogen-bond donors (Lipinski definition) is 0. The van der Waals surface area contributed by atoms with Gasteiger partial charge in [0.2, 0.25) is 0 Å².